The molecule has 8 nitrogen and oxygen atoms in total. The van der Waals surface area contributed by atoms with Gasteiger partial charge in [-0.05, 0) is 51.4 Å². The highest BCUT2D eigenvalue weighted by atomic mass is 16.6. The van der Waals surface area contributed by atoms with E-state index >= 15 is 0 Å². The highest BCUT2D eigenvalue weighted by Gasteiger charge is 2.25. The monoisotopic (exact) mass is 722 g/mol. The molecule has 0 amide bonds. The van der Waals surface area contributed by atoms with Crippen LogP contribution >= 0.6 is 0 Å². The number of nitrogens with zero attached hydrogens (tertiary/aromatic N) is 1. The van der Waals surface area contributed by atoms with Gasteiger partial charge in [-0.3, -0.25) is 9.59 Å². The highest BCUT2D eigenvalue weighted by molar-refractivity contribution is 5.70. The van der Waals surface area contributed by atoms with E-state index in [0.29, 0.717) is 12.8 Å². The second kappa shape index (κ2) is 34.9. The number of hydrogen-bond acceptors (Lipinski definition) is 7. The third-order valence-corrected chi connectivity index (χ3v) is 9.32. The fourth-order valence-corrected chi connectivity index (χ4v) is 6.02. The maximum absolute atomic E-state index is 12.6. The van der Waals surface area contributed by atoms with Crippen molar-refractivity contribution in [2.24, 2.45) is 0 Å². The first-order valence-electron chi connectivity index (χ1n) is 20.9. The Hall–Kier alpha value is -2.19. The average Bonchev–Trinajstić information content (AvgIpc) is 3.08. The largest absolute Gasteiger partial charge is 0.544 e. The third kappa shape index (κ3) is 33.4. The number of aliphatic carboxylic acids is 1. The molecule has 0 rings (SSSR count). The molecule has 0 saturated heterocycles. The number of ether oxygens (including phenoxy) is 3. The number of carboxylic acid groups (broad SMARTS) is 1. The molecule has 0 aliphatic heterocycles. The number of carbonyl (C=O) groups excluding carboxylic acids is 3. The lowest BCUT2D eigenvalue weighted by atomic mass is 10.1. The van der Waals surface area contributed by atoms with E-state index in [2.05, 4.69) is 32.1 Å². The summed E-state index contributed by atoms with van der Waals surface area (Å²) in [7, 11) is 5.39. The van der Waals surface area contributed by atoms with Gasteiger partial charge in [0.1, 0.15) is 12.6 Å². The number of rotatable bonds is 37. The van der Waals surface area contributed by atoms with Gasteiger partial charge in [-0.15, -0.1) is 0 Å². The highest BCUT2D eigenvalue weighted by Crippen LogP contribution is 2.14. The van der Waals surface area contributed by atoms with Crippen LogP contribution in [0.5, 0.6) is 0 Å². The summed E-state index contributed by atoms with van der Waals surface area (Å²) in [5.74, 6) is -1.81. The van der Waals surface area contributed by atoms with E-state index in [1.165, 1.54) is 109 Å². The summed E-state index contributed by atoms with van der Waals surface area (Å²) in [6.45, 7) is 4.55. The third-order valence-electron chi connectivity index (χ3n) is 9.32. The van der Waals surface area contributed by atoms with Crippen LogP contribution in [0.15, 0.2) is 24.3 Å². The number of likely N-dealkylation sites (N-methyl/N-ethyl adjacent to an activating group) is 1. The number of carbonyl (C=O) groups is 3. The van der Waals surface area contributed by atoms with Gasteiger partial charge < -0.3 is 28.6 Å². The van der Waals surface area contributed by atoms with Crippen molar-refractivity contribution in [1.29, 1.82) is 0 Å². The van der Waals surface area contributed by atoms with E-state index in [0.717, 1.165) is 32.1 Å². The van der Waals surface area contributed by atoms with Crippen molar-refractivity contribution in [2.75, 3.05) is 41.0 Å². The Morgan fingerprint density at radius 1 is 0.569 bits per heavy atom. The minimum atomic E-state index is -1.13. The molecule has 0 aliphatic carbocycles. The zero-order chi connectivity index (χ0) is 37.8. The van der Waals surface area contributed by atoms with Crippen molar-refractivity contribution in [3.63, 3.8) is 0 Å². The molecule has 0 bridgehead atoms. The lowest BCUT2D eigenvalue weighted by Gasteiger charge is -2.34. The zero-order valence-corrected chi connectivity index (χ0v) is 33.8. The molecule has 0 aromatic heterocycles. The van der Waals surface area contributed by atoms with Crippen molar-refractivity contribution >= 4 is 17.9 Å². The predicted molar refractivity (Wildman–Crippen MR) is 208 cm³/mol. The van der Waals surface area contributed by atoms with Gasteiger partial charge in [0, 0.05) is 19.3 Å². The van der Waals surface area contributed by atoms with E-state index in [4.69, 9.17) is 14.2 Å². The molecule has 0 radical (unpaired) electrons. The quantitative estimate of drug-likeness (QED) is 0.0273. The Balaban J connectivity index is 4.25. The fourth-order valence-electron chi connectivity index (χ4n) is 6.02. The van der Waals surface area contributed by atoms with Gasteiger partial charge in [-0.25, -0.2) is 0 Å². The molecule has 0 fully saturated rings. The van der Waals surface area contributed by atoms with Gasteiger partial charge in [0.15, 0.2) is 6.10 Å². The summed E-state index contributed by atoms with van der Waals surface area (Å²) in [5, 5.41) is 11.6. The maximum atomic E-state index is 12.6. The fraction of sp³-hybridized carbons (Fsp3) is 0.837. The average molecular weight is 722 g/mol. The molecule has 0 aliphatic rings. The van der Waals surface area contributed by atoms with Crippen LogP contribution in [0.4, 0.5) is 0 Å². The van der Waals surface area contributed by atoms with Crippen LogP contribution in [0, 0.1) is 0 Å². The molecule has 0 spiro atoms. The Bertz CT molecular complexity index is 895. The van der Waals surface area contributed by atoms with Crippen molar-refractivity contribution in [1.82, 2.24) is 0 Å². The van der Waals surface area contributed by atoms with Crippen LogP contribution in [-0.2, 0) is 28.6 Å². The van der Waals surface area contributed by atoms with Crippen molar-refractivity contribution in [2.45, 2.75) is 193 Å². The first kappa shape index (κ1) is 48.8. The van der Waals surface area contributed by atoms with Crippen LogP contribution in [-0.4, -0.2) is 75.5 Å². The molecule has 0 N–H and O–H groups in total. The van der Waals surface area contributed by atoms with E-state index in [1.807, 2.05) is 6.08 Å². The van der Waals surface area contributed by atoms with Crippen LogP contribution in [0.1, 0.15) is 181 Å². The van der Waals surface area contributed by atoms with E-state index in [1.54, 1.807) is 21.1 Å². The van der Waals surface area contributed by atoms with Gasteiger partial charge in [0.25, 0.3) is 0 Å². The molecule has 8 heteroatoms. The van der Waals surface area contributed by atoms with Crippen molar-refractivity contribution < 1.29 is 38.2 Å². The Kier molecular flexibility index (Phi) is 33.4. The van der Waals surface area contributed by atoms with Gasteiger partial charge in [0.2, 0.25) is 0 Å². The molecular weight excluding hydrogens is 642 g/mol. The van der Waals surface area contributed by atoms with Crippen LogP contribution in [0.3, 0.4) is 0 Å². The molecule has 0 aromatic rings. The summed E-state index contributed by atoms with van der Waals surface area (Å²) in [5.41, 5.74) is 0. The smallest absolute Gasteiger partial charge is 0.306 e. The minimum absolute atomic E-state index is 0.0295. The molecule has 0 heterocycles. The van der Waals surface area contributed by atoms with Crippen LogP contribution in [0.2, 0.25) is 0 Å². The number of esters is 2. The van der Waals surface area contributed by atoms with E-state index in [-0.39, 0.29) is 49.1 Å². The number of unbranched alkanes of at least 4 members (excludes halogenated alkanes) is 19. The standard InChI is InChI=1S/C43H79NO7/c1-6-8-10-12-14-15-16-17-18-19-20-21-22-23-24-25-26-28-30-32-34-42(46)51-39(37-49-36-35-40(43(47)48)44(3,4)5)38-50-41(45)33-31-29-27-13-11-9-7-2/h20-21,27,29,39-40H,6-19,22-26,28,30-38H2,1-5H3/b21-20+,29-27+. The molecule has 0 aromatic carbocycles. The Morgan fingerprint density at radius 3 is 1.53 bits per heavy atom. The first-order valence-corrected chi connectivity index (χ1v) is 20.9. The summed E-state index contributed by atoms with van der Waals surface area (Å²) in [4.78, 5) is 36.5. The molecule has 0 saturated carbocycles. The van der Waals surface area contributed by atoms with Crippen molar-refractivity contribution in [3.05, 3.63) is 24.3 Å². The van der Waals surface area contributed by atoms with Gasteiger partial charge in [0.05, 0.1) is 40.3 Å². The number of allylic oxidation sites excluding steroid dienone is 4. The van der Waals surface area contributed by atoms with Crippen LogP contribution in [0.25, 0.3) is 0 Å². The van der Waals surface area contributed by atoms with Gasteiger partial charge in [-0.1, -0.05) is 134 Å². The Labute approximate surface area is 313 Å². The Morgan fingerprint density at radius 2 is 1.02 bits per heavy atom. The molecule has 51 heavy (non-hydrogen) atoms. The topological polar surface area (TPSA) is 102 Å². The second-order valence-corrected chi connectivity index (χ2v) is 15.2. The molecule has 2 atom stereocenters. The van der Waals surface area contributed by atoms with Gasteiger partial charge >= 0.3 is 11.9 Å². The minimum Gasteiger partial charge on any atom is -0.544 e. The lowest BCUT2D eigenvalue weighted by Crippen LogP contribution is -2.55. The molecule has 298 valence electrons. The summed E-state index contributed by atoms with van der Waals surface area (Å²) >= 11 is 0. The normalized spacial score (nSPS) is 13.2. The van der Waals surface area contributed by atoms with E-state index < -0.39 is 18.1 Å². The lowest BCUT2D eigenvalue weighted by molar-refractivity contribution is -0.889. The second-order valence-electron chi connectivity index (χ2n) is 15.2. The zero-order valence-electron chi connectivity index (χ0n) is 33.8. The van der Waals surface area contributed by atoms with E-state index in [9.17, 15) is 19.5 Å². The number of quaternary nitrogens is 1. The number of carboxylic acids is 1. The van der Waals surface area contributed by atoms with Crippen LogP contribution < -0.4 is 5.11 Å². The number of hydrogen-bond donors (Lipinski definition) is 0. The first-order chi connectivity index (χ1) is 24.6. The summed E-state index contributed by atoms with van der Waals surface area (Å²) in [6.07, 6.45) is 36.7. The maximum Gasteiger partial charge on any atom is 0.306 e. The SMILES string of the molecule is CCCCC/C=C/CCC(=O)OCC(COCCC(C(=O)[O-])[N+](C)(C)C)OC(=O)CCCCCCCCC/C=C/CCCCCCCCCCC. The molecular formula is C43H79NO7. The van der Waals surface area contributed by atoms with Gasteiger partial charge in [-0.2, -0.15) is 0 Å². The summed E-state index contributed by atoms with van der Waals surface area (Å²) in [6, 6.07) is -0.727. The predicted octanol–water partition coefficient (Wildman–Crippen LogP) is 9.58. The van der Waals surface area contributed by atoms with Crippen molar-refractivity contribution in [3.8, 4) is 0 Å². The molecule has 2 unspecified atom stereocenters. The summed E-state index contributed by atoms with van der Waals surface area (Å²) < 4.78 is 17.0.